The Morgan fingerprint density at radius 3 is 2.71 bits per heavy atom. The molecule has 6 heteroatoms. The normalized spacial score (nSPS) is 14.6. The molecule has 0 bridgehead atoms. The van der Waals surface area contributed by atoms with E-state index in [1.807, 2.05) is 36.1 Å². The van der Waals surface area contributed by atoms with Crippen LogP contribution in [-0.2, 0) is 0 Å². The van der Waals surface area contributed by atoms with E-state index < -0.39 is 5.97 Å². The van der Waals surface area contributed by atoms with E-state index in [1.165, 1.54) is 11.6 Å². The lowest BCUT2D eigenvalue weighted by Gasteiger charge is -2.39. The van der Waals surface area contributed by atoms with Crippen molar-refractivity contribution in [3.05, 3.63) is 47.7 Å². The molecule has 1 aliphatic rings. The number of hydrogen-bond donors (Lipinski definition) is 1. The van der Waals surface area contributed by atoms with E-state index >= 15 is 0 Å². The number of anilines is 1. The fourth-order valence-electron chi connectivity index (χ4n) is 2.19. The monoisotopic (exact) mass is 285 g/mol. The Bertz CT molecular complexity index is 651. The fraction of sp³-hybridized carbons (Fsp3) is 0.267. The fourth-order valence-corrected chi connectivity index (χ4v) is 2.19. The predicted octanol–water partition coefficient (Wildman–Crippen LogP) is 1.75. The lowest BCUT2D eigenvalue weighted by Crippen LogP contribution is -2.54. The number of nitrogens with zero attached hydrogens (tertiary/aromatic N) is 3. The first kappa shape index (κ1) is 13.4. The van der Waals surface area contributed by atoms with Crippen LogP contribution < -0.4 is 9.64 Å². The lowest BCUT2D eigenvalue weighted by atomic mass is 10.1. The van der Waals surface area contributed by atoms with Gasteiger partial charge >= 0.3 is 5.97 Å². The van der Waals surface area contributed by atoms with Gasteiger partial charge in [0.05, 0.1) is 13.1 Å². The molecular formula is C15H15N3O3. The Hall–Kier alpha value is -2.63. The van der Waals surface area contributed by atoms with Crippen molar-refractivity contribution in [2.24, 2.45) is 0 Å². The Morgan fingerprint density at radius 2 is 2.10 bits per heavy atom. The number of aryl methyl sites for hydroxylation is 1. The third-order valence-electron chi connectivity index (χ3n) is 3.33. The van der Waals surface area contributed by atoms with Crippen LogP contribution in [-0.4, -0.2) is 40.5 Å². The number of aromatic carboxylic acids is 1. The summed E-state index contributed by atoms with van der Waals surface area (Å²) in [7, 11) is 0. The van der Waals surface area contributed by atoms with Gasteiger partial charge in [-0.15, -0.1) is 10.2 Å². The third kappa shape index (κ3) is 2.94. The summed E-state index contributed by atoms with van der Waals surface area (Å²) in [5.41, 5.74) is 1.12. The van der Waals surface area contributed by atoms with E-state index in [0.29, 0.717) is 5.82 Å². The SMILES string of the molecule is Cc1cccc(OC2CN(c3ccc(C(=O)O)nn3)C2)c1. The average Bonchev–Trinajstić information content (AvgIpc) is 2.42. The van der Waals surface area contributed by atoms with Gasteiger partial charge in [-0.2, -0.15) is 0 Å². The summed E-state index contributed by atoms with van der Waals surface area (Å²) in [6, 6.07) is 11.1. The molecular weight excluding hydrogens is 270 g/mol. The largest absolute Gasteiger partial charge is 0.487 e. The molecule has 1 N–H and O–H groups in total. The zero-order chi connectivity index (χ0) is 14.8. The van der Waals surface area contributed by atoms with E-state index in [-0.39, 0.29) is 11.8 Å². The zero-order valence-corrected chi connectivity index (χ0v) is 11.6. The third-order valence-corrected chi connectivity index (χ3v) is 3.33. The Labute approximate surface area is 122 Å². The smallest absolute Gasteiger partial charge is 0.356 e. The van der Waals surface area contributed by atoms with Crippen LogP contribution in [0.3, 0.4) is 0 Å². The van der Waals surface area contributed by atoms with Crippen LogP contribution in [0.2, 0.25) is 0 Å². The van der Waals surface area contributed by atoms with E-state index in [4.69, 9.17) is 9.84 Å². The van der Waals surface area contributed by atoms with Gasteiger partial charge in [-0.3, -0.25) is 0 Å². The number of hydrogen-bond acceptors (Lipinski definition) is 5. The molecule has 2 heterocycles. The summed E-state index contributed by atoms with van der Waals surface area (Å²) in [4.78, 5) is 12.7. The molecule has 1 aliphatic heterocycles. The highest BCUT2D eigenvalue weighted by molar-refractivity contribution is 5.85. The maximum Gasteiger partial charge on any atom is 0.356 e. The summed E-state index contributed by atoms with van der Waals surface area (Å²) < 4.78 is 5.86. The number of carbonyl (C=O) groups is 1. The molecule has 6 nitrogen and oxygen atoms in total. The van der Waals surface area contributed by atoms with Gasteiger partial charge in [0.15, 0.2) is 11.5 Å². The molecule has 1 aromatic heterocycles. The van der Waals surface area contributed by atoms with Gasteiger partial charge in [-0.1, -0.05) is 12.1 Å². The molecule has 0 atom stereocenters. The van der Waals surface area contributed by atoms with Crippen molar-refractivity contribution >= 4 is 11.8 Å². The molecule has 0 aliphatic carbocycles. The number of benzene rings is 1. The molecule has 0 saturated carbocycles. The van der Waals surface area contributed by atoms with Crippen LogP contribution in [0.5, 0.6) is 5.75 Å². The first-order valence-electron chi connectivity index (χ1n) is 6.67. The topological polar surface area (TPSA) is 75.5 Å². The molecule has 21 heavy (non-hydrogen) atoms. The number of ether oxygens (including phenoxy) is 1. The number of carboxylic acid groups (broad SMARTS) is 1. The molecule has 0 unspecified atom stereocenters. The highest BCUT2D eigenvalue weighted by Gasteiger charge is 2.29. The van der Waals surface area contributed by atoms with Crippen LogP contribution in [0.15, 0.2) is 36.4 Å². The molecule has 0 amide bonds. The van der Waals surface area contributed by atoms with E-state index in [2.05, 4.69) is 10.2 Å². The van der Waals surface area contributed by atoms with Gasteiger partial charge in [-0.25, -0.2) is 4.79 Å². The molecule has 108 valence electrons. The van der Waals surface area contributed by atoms with E-state index in [9.17, 15) is 4.79 Å². The van der Waals surface area contributed by atoms with Crippen LogP contribution in [0, 0.1) is 6.92 Å². The minimum Gasteiger partial charge on any atom is -0.487 e. The van der Waals surface area contributed by atoms with Crippen molar-refractivity contribution in [1.29, 1.82) is 0 Å². The van der Waals surface area contributed by atoms with Crippen molar-refractivity contribution in [2.45, 2.75) is 13.0 Å². The summed E-state index contributed by atoms with van der Waals surface area (Å²) in [6.45, 7) is 3.46. The number of rotatable bonds is 4. The standard InChI is InChI=1S/C15H15N3O3/c1-10-3-2-4-11(7-10)21-12-8-18(9-12)14-6-5-13(15(19)20)16-17-14/h2-7,12H,8-9H2,1H3,(H,19,20). The Kier molecular flexibility index (Phi) is 3.43. The van der Waals surface area contributed by atoms with Gasteiger partial charge in [-0.05, 0) is 36.8 Å². The van der Waals surface area contributed by atoms with Crippen LogP contribution in [0.1, 0.15) is 16.1 Å². The highest BCUT2D eigenvalue weighted by atomic mass is 16.5. The first-order chi connectivity index (χ1) is 10.1. The van der Waals surface area contributed by atoms with Crippen molar-refractivity contribution in [2.75, 3.05) is 18.0 Å². The van der Waals surface area contributed by atoms with Gasteiger partial charge < -0.3 is 14.7 Å². The molecule has 3 rings (SSSR count). The van der Waals surface area contributed by atoms with Gasteiger partial charge in [0.25, 0.3) is 0 Å². The maximum atomic E-state index is 10.7. The molecule has 1 saturated heterocycles. The van der Waals surface area contributed by atoms with Crippen molar-refractivity contribution in [1.82, 2.24) is 10.2 Å². The van der Waals surface area contributed by atoms with Crippen LogP contribution in [0.25, 0.3) is 0 Å². The highest BCUT2D eigenvalue weighted by Crippen LogP contribution is 2.22. The Morgan fingerprint density at radius 1 is 1.29 bits per heavy atom. The summed E-state index contributed by atoms with van der Waals surface area (Å²) >= 11 is 0. The Balaban J connectivity index is 1.57. The van der Waals surface area contributed by atoms with Gasteiger partial charge in [0.1, 0.15) is 11.9 Å². The van der Waals surface area contributed by atoms with Crippen molar-refractivity contribution in [3.8, 4) is 5.75 Å². The quantitative estimate of drug-likeness (QED) is 0.922. The van der Waals surface area contributed by atoms with Gasteiger partial charge in [0, 0.05) is 0 Å². The first-order valence-corrected chi connectivity index (χ1v) is 6.67. The summed E-state index contributed by atoms with van der Waals surface area (Å²) in [5.74, 6) is 0.467. The van der Waals surface area contributed by atoms with Crippen molar-refractivity contribution < 1.29 is 14.6 Å². The number of aromatic nitrogens is 2. The van der Waals surface area contributed by atoms with Crippen LogP contribution >= 0.6 is 0 Å². The molecule has 1 fully saturated rings. The van der Waals surface area contributed by atoms with Crippen molar-refractivity contribution in [3.63, 3.8) is 0 Å². The second-order valence-electron chi connectivity index (χ2n) is 5.04. The average molecular weight is 285 g/mol. The minimum absolute atomic E-state index is 0.0492. The molecule has 0 spiro atoms. The number of carboxylic acids is 1. The van der Waals surface area contributed by atoms with E-state index in [1.54, 1.807) is 6.07 Å². The second-order valence-corrected chi connectivity index (χ2v) is 5.04. The predicted molar refractivity (Wildman–Crippen MR) is 76.8 cm³/mol. The maximum absolute atomic E-state index is 10.7. The van der Waals surface area contributed by atoms with Crippen LogP contribution in [0.4, 0.5) is 5.82 Å². The molecule has 2 aromatic rings. The molecule has 1 aromatic carbocycles. The minimum atomic E-state index is -1.07. The zero-order valence-electron chi connectivity index (χ0n) is 11.6. The second kappa shape index (κ2) is 5.40. The molecule has 0 radical (unpaired) electrons. The lowest BCUT2D eigenvalue weighted by molar-refractivity contribution is 0.0689. The summed E-state index contributed by atoms with van der Waals surface area (Å²) in [6.07, 6.45) is 0.118. The van der Waals surface area contributed by atoms with Gasteiger partial charge in [0.2, 0.25) is 0 Å². The van der Waals surface area contributed by atoms with E-state index in [0.717, 1.165) is 18.8 Å². The summed E-state index contributed by atoms with van der Waals surface area (Å²) in [5, 5.41) is 16.4.